The zero-order valence-corrected chi connectivity index (χ0v) is 14.2. The van der Waals surface area contributed by atoms with Gasteiger partial charge in [-0.3, -0.25) is 4.79 Å². The first-order valence-corrected chi connectivity index (χ1v) is 8.50. The average Bonchev–Trinajstić information content (AvgIpc) is 3.08. The summed E-state index contributed by atoms with van der Waals surface area (Å²) in [7, 11) is 0. The number of nitrogen functional groups attached to an aromatic ring is 1. The molecule has 0 fully saturated rings. The highest BCUT2D eigenvalue weighted by atomic mass is 16.1. The lowest BCUT2D eigenvalue weighted by Gasteiger charge is -2.06. The minimum absolute atomic E-state index is 0.0613. The molecule has 0 saturated heterocycles. The molecule has 0 unspecified atom stereocenters. The SMILES string of the molecule is Nc1cc(CC(=O)Nc2ccccc2)cc2cc(-c3ccccc3)[nH]c12. The van der Waals surface area contributed by atoms with Crippen LogP contribution in [0.5, 0.6) is 0 Å². The van der Waals surface area contributed by atoms with Crippen molar-refractivity contribution in [3.05, 3.63) is 84.4 Å². The van der Waals surface area contributed by atoms with Crippen LogP contribution in [0.1, 0.15) is 5.56 Å². The summed E-state index contributed by atoms with van der Waals surface area (Å²) >= 11 is 0. The van der Waals surface area contributed by atoms with Gasteiger partial charge in [0.1, 0.15) is 0 Å². The average molecular weight is 341 g/mol. The van der Waals surface area contributed by atoms with Crippen LogP contribution in [0.25, 0.3) is 22.2 Å². The number of nitrogens with two attached hydrogens (primary N) is 1. The van der Waals surface area contributed by atoms with Crippen LogP contribution in [-0.2, 0) is 11.2 Å². The predicted octanol–water partition coefficient (Wildman–Crippen LogP) is 4.60. The van der Waals surface area contributed by atoms with E-state index in [2.05, 4.69) is 28.5 Å². The minimum atomic E-state index is -0.0613. The minimum Gasteiger partial charge on any atom is -0.397 e. The van der Waals surface area contributed by atoms with Crippen molar-refractivity contribution in [2.24, 2.45) is 0 Å². The number of rotatable bonds is 4. The Morgan fingerprint density at radius 2 is 1.62 bits per heavy atom. The zero-order chi connectivity index (χ0) is 17.9. The molecule has 0 saturated carbocycles. The third-order valence-corrected chi connectivity index (χ3v) is 4.33. The lowest BCUT2D eigenvalue weighted by atomic mass is 10.1. The van der Waals surface area contributed by atoms with E-state index < -0.39 is 0 Å². The van der Waals surface area contributed by atoms with E-state index >= 15 is 0 Å². The number of aromatic nitrogens is 1. The molecular formula is C22H19N3O. The van der Waals surface area contributed by atoms with Gasteiger partial charge in [-0.1, -0.05) is 48.5 Å². The Morgan fingerprint density at radius 1 is 0.923 bits per heavy atom. The number of para-hydroxylation sites is 1. The Balaban J connectivity index is 1.59. The Morgan fingerprint density at radius 3 is 2.35 bits per heavy atom. The lowest BCUT2D eigenvalue weighted by Crippen LogP contribution is -2.14. The van der Waals surface area contributed by atoms with Crippen molar-refractivity contribution in [1.29, 1.82) is 0 Å². The quantitative estimate of drug-likeness (QED) is 0.475. The summed E-state index contributed by atoms with van der Waals surface area (Å²) in [6.07, 6.45) is 0.279. The van der Waals surface area contributed by atoms with Gasteiger partial charge in [-0.2, -0.15) is 0 Å². The number of aromatic amines is 1. The molecule has 4 N–H and O–H groups in total. The molecule has 4 aromatic rings. The van der Waals surface area contributed by atoms with Gasteiger partial charge in [0.05, 0.1) is 17.6 Å². The highest BCUT2D eigenvalue weighted by Crippen LogP contribution is 2.29. The van der Waals surface area contributed by atoms with Gasteiger partial charge >= 0.3 is 0 Å². The third kappa shape index (κ3) is 3.30. The van der Waals surface area contributed by atoms with Crippen molar-refractivity contribution in [2.45, 2.75) is 6.42 Å². The van der Waals surface area contributed by atoms with Crippen LogP contribution in [0, 0.1) is 0 Å². The van der Waals surface area contributed by atoms with Crippen molar-refractivity contribution in [1.82, 2.24) is 4.98 Å². The van der Waals surface area contributed by atoms with Gasteiger partial charge in [-0.25, -0.2) is 0 Å². The second-order valence-corrected chi connectivity index (χ2v) is 6.29. The molecule has 0 aliphatic rings. The largest absolute Gasteiger partial charge is 0.397 e. The summed E-state index contributed by atoms with van der Waals surface area (Å²) in [5.74, 6) is -0.0613. The first kappa shape index (κ1) is 16.0. The standard InChI is InChI=1S/C22H19N3O/c23-19-12-15(13-21(26)24-18-9-5-2-6-10-18)11-17-14-20(25-22(17)19)16-7-3-1-4-8-16/h1-12,14,25H,13,23H2,(H,24,26). The Kier molecular flexibility index (Phi) is 4.15. The van der Waals surface area contributed by atoms with Crippen molar-refractivity contribution >= 4 is 28.2 Å². The second-order valence-electron chi connectivity index (χ2n) is 6.29. The summed E-state index contributed by atoms with van der Waals surface area (Å²) in [4.78, 5) is 15.7. The van der Waals surface area contributed by atoms with Crippen molar-refractivity contribution in [3.8, 4) is 11.3 Å². The fraction of sp³-hybridized carbons (Fsp3) is 0.0455. The molecule has 1 heterocycles. The molecule has 4 heteroatoms. The van der Waals surface area contributed by atoms with Crippen LogP contribution in [0.2, 0.25) is 0 Å². The molecule has 4 rings (SSSR count). The number of nitrogens with one attached hydrogen (secondary N) is 2. The number of hydrogen-bond acceptors (Lipinski definition) is 2. The van der Waals surface area contributed by atoms with Gasteiger partial charge in [-0.15, -0.1) is 0 Å². The number of carbonyl (C=O) groups excluding carboxylic acids is 1. The molecule has 1 aromatic heterocycles. The van der Waals surface area contributed by atoms with Gasteiger partial charge in [0.15, 0.2) is 0 Å². The van der Waals surface area contributed by atoms with E-state index in [1.54, 1.807) is 0 Å². The van der Waals surface area contributed by atoms with Crippen LogP contribution >= 0.6 is 0 Å². The highest BCUT2D eigenvalue weighted by Gasteiger charge is 2.10. The van der Waals surface area contributed by atoms with Gasteiger partial charge in [0, 0.05) is 16.8 Å². The molecule has 26 heavy (non-hydrogen) atoms. The Bertz CT molecular complexity index is 1050. The molecule has 0 bridgehead atoms. The van der Waals surface area contributed by atoms with E-state index in [1.165, 1.54) is 0 Å². The van der Waals surface area contributed by atoms with Crippen LogP contribution in [0.15, 0.2) is 78.9 Å². The topological polar surface area (TPSA) is 70.9 Å². The monoisotopic (exact) mass is 341 g/mol. The molecule has 1 amide bonds. The maximum absolute atomic E-state index is 12.3. The van der Waals surface area contributed by atoms with E-state index in [0.717, 1.165) is 33.4 Å². The van der Waals surface area contributed by atoms with Crippen molar-refractivity contribution in [3.63, 3.8) is 0 Å². The smallest absolute Gasteiger partial charge is 0.228 e. The van der Waals surface area contributed by atoms with Gasteiger partial charge in [-0.05, 0) is 41.5 Å². The molecule has 3 aromatic carbocycles. The van der Waals surface area contributed by atoms with Gasteiger partial charge < -0.3 is 16.0 Å². The maximum atomic E-state index is 12.3. The normalized spacial score (nSPS) is 10.8. The number of fused-ring (bicyclic) bond motifs is 1. The zero-order valence-electron chi connectivity index (χ0n) is 14.2. The first-order chi connectivity index (χ1) is 12.7. The van der Waals surface area contributed by atoms with E-state index in [9.17, 15) is 4.79 Å². The number of hydrogen-bond donors (Lipinski definition) is 3. The Labute approximate surface area is 151 Å². The lowest BCUT2D eigenvalue weighted by molar-refractivity contribution is -0.115. The van der Waals surface area contributed by atoms with Crippen molar-refractivity contribution < 1.29 is 4.79 Å². The molecule has 0 radical (unpaired) electrons. The van der Waals surface area contributed by atoms with Gasteiger partial charge in [0.2, 0.25) is 5.91 Å². The highest BCUT2D eigenvalue weighted by molar-refractivity contribution is 5.97. The number of H-pyrrole nitrogens is 1. The van der Waals surface area contributed by atoms with E-state index in [0.29, 0.717) is 5.69 Å². The first-order valence-electron chi connectivity index (χ1n) is 8.50. The summed E-state index contributed by atoms with van der Waals surface area (Å²) in [5, 5.41) is 3.91. The summed E-state index contributed by atoms with van der Waals surface area (Å²) < 4.78 is 0. The summed E-state index contributed by atoms with van der Waals surface area (Å²) in [6, 6.07) is 25.5. The third-order valence-electron chi connectivity index (χ3n) is 4.33. The van der Waals surface area contributed by atoms with Crippen LogP contribution in [-0.4, -0.2) is 10.9 Å². The fourth-order valence-electron chi connectivity index (χ4n) is 3.12. The molecule has 0 aliphatic heterocycles. The van der Waals surface area contributed by atoms with Crippen LogP contribution < -0.4 is 11.1 Å². The second kappa shape index (κ2) is 6.76. The van der Waals surface area contributed by atoms with Gasteiger partial charge in [0.25, 0.3) is 0 Å². The van der Waals surface area contributed by atoms with Crippen LogP contribution in [0.3, 0.4) is 0 Å². The van der Waals surface area contributed by atoms with Crippen LogP contribution in [0.4, 0.5) is 11.4 Å². The van der Waals surface area contributed by atoms with E-state index in [1.807, 2.05) is 60.7 Å². The maximum Gasteiger partial charge on any atom is 0.228 e. The molecule has 128 valence electrons. The number of carbonyl (C=O) groups is 1. The number of anilines is 2. The molecule has 0 aliphatic carbocycles. The molecule has 4 nitrogen and oxygen atoms in total. The van der Waals surface area contributed by atoms with E-state index in [4.69, 9.17) is 5.73 Å². The number of benzene rings is 3. The summed E-state index contributed by atoms with van der Waals surface area (Å²) in [6.45, 7) is 0. The number of amides is 1. The molecular weight excluding hydrogens is 322 g/mol. The molecule has 0 atom stereocenters. The predicted molar refractivity (Wildman–Crippen MR) is 107 cm³/mol. The summed E-state index contributed by atoms with van der Waals surface area (Å²) in [5.41, 5.74) is 11.6. The Hall–Kier alpha value is -3.53. The van der Waals surface area contributed by atoms with E-state index in [-0.39, 0.29) is 12.3 Å². The fourth-order valence-corrected chi connectivity index (χ4v) is 3.12. The molecule has 0 spiro atoms. The van der Waals surface area contributed by atoms with Crippen molar-refractivity contribution in [2.75, 3.05) is 11.1 Å².